The van der Waals surface area contributed by atoms with Crippen molar-refractivity contribution in [1.82, 2.24) is 0 Å². The molecular weight excluding hydrogens is 336 g/mol. The fourth-order valence-electron chi connectivity index (χ4n) is 2.67. The first kappa shape index (κ1) is 19.7. The number of hydrogen-bond acceptors (Lipinski definition) is 6. The van der Waals surface area contributed by atoms with E-state index >= 15 is 0 Å². The van der Waals surface area contributed by atoms with Crippen LogP contribution in [0.5, 0.6) is 5.75 Å². The second kappa shape index (κ2) is 7.72. The maximum Gasteiger partial charge on any atom is 0.337 e. The molecule has 1 aliphatic heterocycles. The van der Waals surface area contributed by atoms with Crippen LogP contribution in [0.15, 0.2) is 29.8 Å². The van der Waals surface area contributed by atoms with E-state index in [1.165, 1.54) is 6.92 Å². The van der Waals surface area contributed by atoms with Gasteiger partial charge in [-0.15, -0.1) is 0 Å². The van der Waals surface area contributed by atoms with Gasteiger partial charge in [-0.2, -0.15) is 0 Å². The van der Waals surface area contributed by atoms with Gasteiger partial charge >= 0.3 is 11.9 Å². The lowest BCUT2D eigenvalue weighted by molar-refractivity contribution is -0.146. The van der Waals surface area contributed by atoms with Crippen LogP contribution in [-0.2, 0) is 19.1 Å². The molecule has 2 rings (SSSR count). The van der Waals surface area contributed by atoms with E-state index in [0.717, 1.165) is 0 Å². The molecule has 0 N–H and O–H groups in total. The topological polar surface area (TPSA) is 78.9 Å². The summed E-state index contributed by atoms with van der Waals surface area (Å²) in [5.74, 6) is -0.498. The van der Waals surface area contributed by atoms with Crippen molar-refractivity contribution in [3.8, 4) is 5.75 Å². The average molecular weight is 360 g/mol. The van der Waals surface area contributed by atoms with Crippen molar-refractivity contribution in [3.05, 3.63) is 41.0 Å². The minimum atomic E-state index is -0.567. The summed E-state index contributed by atoms with van der Waals surface area (Å²) >= 11 is 0. The molecule has 0 amide bonds. The monoisotopic (exact) mass is 360 g/mol. The highest BCUT2D eigenvalue weighted by Gasteiger charge is 2.33. The van der Waals surface area contributed by atoms with Crippen LogP contribution < -0.4 is 4.74 Å². The van der Waals surface area contributed by atoms with Gasteiger partial charge in [-0.1, -0.05) is 12.1 Å². The second-order valence-electron chi connectivity index (χ2n) is 6.86. The van der Waals surface area contributed by atoms with E-state index in [4.69, 9.17) is 14.2 Å². The average Bonchev–Trinajstić information content (AvgIpc) is 2.53. The molecule has 6 nitrogen and oxygen atoms in total. The SMILES string of the molecule is CC=C(COC(C)=O)C(=O)O[C@H](C)c1ccc2c(c1)C(=O)CC(C)(C)O2. The van der Waals surface area contributed by atoms with Gasteiger partial charge in [-0.05, 0) is 45.4 Å². The maximum absolute atomic E-state index is 12.4. The molecule has 0 fully saturated rings. The van der Waals surface area contributed by atoms with Gasteiger partial charge in [-0.3, -0.25) is 9.59 Å². The van der Waals surface area contributed by atoms with Gasteiger partial charge in [0.15, 0.2) is 5.78 Å². The molecule has 0 saturated carbocycles. The Labute approximate surface area is 153 Å². The van der Waals surface area contributed by atoms with Gasteiger partial charge in [0.05, 0.1) is 17.6 Å². The summed E-state index contributed by atoms with van der Waals surface area (Å²) in [5, 5.41) is 0. The van der Waals surface area contributed by atoms with Crippen molar-refractivity contribution < 1.29 is 28.6 Å². The Morgan fingerprint density at radius 2 is 2.04 bits per heavy atom. The predicted molar refractivity (Wildman–Crippen MR) is 95.0 cm³/mol. The summed E-state index contributed by atoms with van der Waals surface area (Å²) in [4.78, 5) is 35.5. The summed E-state index contributed by atoms with van der Waals surface area (Å²) < 4.78 is 16.1. The Bertz CT molecular complexity index is 760. The number of fused-ring (bicyclic) bond motifs is 1. The van der Waals surface area contributed by atoms with Crippen molar-refractivity contribution in [2.75, 3.05) is 6.61 Å². The van der Waals surface area contributed by atoms with E-state index in [-0.39, 0.29) is 18.0 Å². The Hall–Kier alpha value is -2.63. The molecule has 26 heavy (non-hydrogen) atoms. The van der Waals surface area contributed by atoms with E-state index in [2.05, 4.69) is 0 Å². The summed E-state index contributed by atoms with van der Waals surface area (Å²) in [7, 11) is 0. The summed E-state index contributed by atoms with van der Waals surface area (Å²) in [5.41, 5.74) is 0.917. The standard InChI is InChI=1S/C20H24O6/c1-6-14(11-24-13(3)21)19(23)25-12(2)15-7-8-18-16(9-15)17(22)10-20(4,5)26-18/h6-9,12H,10-11H2,1-5H3/t12-/m1/s1. The second-order valence-corrected chi connectivity index (χ2v) is 6.86. The molecule has 0 aliphatic carbocycles. The van der Waals surface area contributed by atoms with E-state index in [1.54, 1.807) is 38.1 Å². The number of esters is 2. The van der Waals surface area contributed by atoms with Crippen molar-refractivity contribution in [1.29, 1.82) is 0 Å². The van der Waals surface area contributed by atoms with Crippen LogP contribution in [0.25, 0.3) is 0 Å². The minimum absolute atomic E-state index is 0.000581. The highest BCUT2D eigenvalue weighted by Crippen LogP contribution is 2.35. The third-order valence-corrected chi connectivity index (χ3v) is 4.07. The first-order chi connectivity index (χ1) is 12.1. The zero-order valence-electron chi connectivity index (χ0n) is 15.8. The summed E-state index contributed by atoms with van der Waals surface area (Å²) in [6, 6.07) is 5.20. The fourth-order valence-corrected chi connectivity index (χ4v) is 2.67. The Morgan fingerprint density at radius 1 is 1.35 bits per heavy atom. The van der Waals surface area contributed by atoms with Crippen LogP contribution in [0.3, 0.4) is 0 Å². The maximum atomic E-state index is 12.4. The first-order valence-electron chi connectivity index (χ1n) is 8.48. The Balaban J connectivity index is 2.12. The third-order valence-electron chi connectivity index (χ3n) is 4.07. The highest BCUT2D eigenvalue weighted by atomic mass is 16.6. The lowest BCUT2D eigenvalue weighted by Crippen LogP contribution is -2.35. The van der Waals surface area contributed by atoms with Gasteiger partial charge in [0.2, 0.25) is 0 Å². The number of benzene rings is 1. The molecule has 1 aliphatic rings. The Kier molecular flexibility index (Phi) is 5.85. The fraction of sp³-hybridized carbons (Fsp3) is 0.450. The molecule has 0 bridgehead atoms. The number of hydrogen-bond donors (Lipinski definition) is 0. The zero-order valence-corrected chi connectivity index (χ0v) is 15.8. The molecule has 1 atom stereocenters. The molecule has 0 unspecified atom stereocenters. The van der Waals surface area contributed by atoms with Gasteiger partial charge < -0.3 is 14.2 Å². The lowest BCUT2D eigenvalue weighted by atomic mass is 9.91. The number of ketones is 1. The molecule has 1 aromatic carbocycles. The van der Waals surface area contributed by atoms with Crippen LogP contribution in [-0.4, -0.2) is 29.9 Å². The minimum Gasteiger partial charge on any atom is -0.487 e. The largest absolute Gasteiger partial charge is 0.487 e. The number of carbonyl (C=O) groups is 3. The Morgan fingerprint density at radius 3 is 2.65 bits per heavy atom. The van der Waals surface area contributed by atoms with E-state index in [9.17, 15) is 14.4 Å². The van der Waals surface area contributed by atoms with Crippen LogP contribution in [0.1, 0.15) is 63.1 Å². The van der Waals surface area contributed by atoms with E-state index in [0.29, 0.717) is 23.3 Å². The van der Waals surface area contributed by atoms with Crippen molar-refractivity contribution >= 4 is 17.7 Å². The van der Waals surface area contributed by atoms with Gasteiger partial charge in [0.25, 0.3) is 0 Å². The molecule has 0 aromatic heterocycles. The number of rotatable bonds is 5. The van der Waals surface area contributed by atoms with Crippen LogP contribution >= 0.6 is 0 Å². The lowest BCUT2D eigenvalue weighted by Gasteiger charge is -2.32. The number of carbonyl (C=O) groups excluding carboxylic acids is 3. The zero-order chi connectivity index (χ0) is 19.5. The smallest absolute Gasteiger partial charge is 0.337 e. The molecule has 140 valence electrons. The van der Waals surface area contributed by atoms with Crippen molar-refractivity contribution in [3.63, 3.8) is 0 Å². The molecule has 1 aromatic rings. The summed E-state index contributed by atoms with van der Waals surface area (Å²) in [6.07, 6.45) is 1.27. The highest BCUT2D eigenvalue weighted by molar-refractivity contribution is 6.00. The normalized spacial score (nSPS) is 17.0. The quantitative estimate of drug-likeness (QED) is 0.590. The first-order valence-corrected chi connectivity index (χ1v) is 8.48. The van der Waals surface area contributed by atoms with Crippen molar-refractivity contribution in [2.24, 2.45) is 0 Å². The van der Waals surface area contributed by atoms with E-state index < -0.39 is 23.6 Å². The predicted octanol–water partition coefficient (Wildman–Crippen LogP) is 3.54. The molecule has 0 radical (unpaired) electrons. The summed E-state index contributed by atoms with van der Waals surface area (Å²) in [6.45, 7) is 8.26. The van der Waals surface area contributed by atoms with Crippen LogP contribution in [0, 0.1) is 0 Å². The van der Waals surface area contributed by atoms with Gasteiger partial charge in [-0.25, -0.2) is 4.79 Å². The molecule has 1 heterocycles. The molecular formula is C20H24O6. The van der Waals surface area contributed by atoms with Crippen molar-refractivity contribution in [2.45, 2.75) is 52.7 Å². The van der Waals surface area contributed by atoms with Gasteiger partial charge in [0, 0.05) is 6.92 Å². The van der Waals surface area contributed by atoms with Crippen LogP contribution in [0.2, 0.25) is 0 Å². The number of allylic oxidation sites excluding steroid dienone is 1. The molecule has 6 heteroatoms. The third kappa shape index (κ3) is 4.71. The molecule has 0 saturated heterocycles. The van der Waals surface area contributed by atoms with Gasteiger partial charge in [0.1, 0.15) is 24.1 Å². The van der Waals surface area contributed by atoms with Crippen LogP contribution in [0.4, 0.5) is 0 Å². The molecule has 0 spiro atoms. The number of ether oxygens (including phenoxy) is 3. The number of Topliss-reactive ketones (excluding diaryl/α,β-unsaturated/α-hetero) is 1. The van der Waals surface area contributed by atoms with E-state index in [1.807, 2.05) is 13.8 Å².